The van der Waals surface area contributed by atoms with Gasteiger partial charge in [0.25, 0.3) is 0 Å². The lowest BCUT2D eigenvalue weighted by Crippen LogP contribution is -2.48. The molecule has 8 heteroatoms. The van der Waals surface area contributed by atoms with E-state index in [1.165, 1.54) is 6.07 Å². The van der Waals surface area contributed by atoms with Crippen molar-refractivity contribution in [3.8, 4) is 0 Å². The van der Waals surface area contributed by atoms with Crippen LogP contribution in [0.1, 0.15) is 12.0 Å². The molecule has 0 amide bonds. The fourth-order valence-electron chi connectivity index (χ4n) is 2.41. The van der Waals surface area contributed by atoms with E-state index in [1.54, 1.807) is 17.0 Å². The number of nitrogens with zero attached hydrogens (tertiary/aromatic N) is 1. The summed E-state index contributed by atoms with van der Waals surface area (Å²) in [6.45, 7) is 0.325. The first-order chi connectivity index (χ1) is 9.78. The van der Waals surface area contributed by atoms with E-state index in [9.17, 15) is 17.6 Å². The molecule has 1 aliphatic rings. The highest BCUT2D eigenvalue weighted by atomic mass is 35.5. The van der Waals surface area contributed by atoms with Crippen molar-refractivity contribution in [2.75, 3.05) is 18.1 Å². The predicted octanol–water partition coefficient (Wildman–Crippen LogP) is 1.55. The maximum absolute atomic E-state index is 13.9. The molecule has 1 aromatic carbocycles. The van der Waals surface area contributed by atoms with Gasteiger partial charge < -0.3 is 5.11 Å². The van der Waals surface area contributed by atoms with E-state index >= 15 is 0 Å². The highest BCUT2D eigenvalue weighted by Crippen LogP contribution is 2.23. The number of halogens is 2. The number of carbonyl (C=O) groups is 1. The molecule has 116 valence electrons. The van der Waals surface area contributed by atoms with Crippen LogP contribution in [0.25, 0.3) is 0 Å². The Hall–Kier alpha value is -1.18. The second-order valence-electron chi connectivity index (χ2n) is 5.05. The van der Waals surface area contributed by atoms with E-state index in [4.69, 9.17) is 16.7 Å². The Balaban J connectivity index is 2.20. The predicted molar refractivity (Wildman–Crippen MR) is 76.5 cm³/mol. The number of aliphatic carboxylic acids is 1. The summed E-state index contributed by atoms with van der Waals surface area (Å²) in [4.78, 5) is 12.6. The fraction of sp³-hybridized carbons (Fsp3) is 0.462. The van der Waals surface area contributed by atoms with E-state index in [2.05, 4.69) is 0 Å². The molecule has 5 nitrogen and oxygen atoms in total. The number of benzene rings is 1. The topological polar surface area (TPSA) is 74.7 Å². The van der Waals surface area contributed by atoms with Crippen LogP contribution in [0.5, 0.6) is 0 Å². The molecule has 1 unspecified atom stereocenters. The van der Waals surface area contributed by atoms with Crippen molar-refractivity contribution in [3.05, 3.63) is 34.6 Å². The van der Waals surface area contributed by atoms with Crippen LogP contribution in [0.3, 0.4) is 0 Å². The Bertz CT molecular complexity index is 650. The highest BCUT2D eigenvalue weighted by Gasteiger charge is 2.33. The van der Waals surface area contributed by atoms with E-state index in [0.29, 0.717) is 5.56 Å². The summed E-state index contributed by atoms with van der Waals surface area (Å²) in [6, 6.07) is 3.94. The Labute approximate surface area is 127 Å². The van der Waals surface area contributed by atoms with Crippen molar-refractivity contribution in [2.45, 2.75) is 19.0 Å². The van der Waals surface area contributed by atoms with Gasteiger partial charge in [-0.05, 0) is 6.07 Å². The van der Waals surface area contributed by atoms with Crippen LogP contribution in [-0.4, -0.2) is 48.5 Å². The molecule has 21 heavy (non-hydrogen) atoms. The molecular weight excluding hydrogens is 321 g/mol. The summed E-state index contributed by atoms with van der Waals surface area (Å²) in [5.41, 5.74) is 0.331. The van der Waals surface area contributed by atoms with Gasteiger partial charge in [-0.1, -0.05) is 23.7 Å². The van der Waals surface area contributed by atoms with E-state index in [0.717, 1.165) is 0 Å². The molecule has 1 fully saturated rings. The summed E-state index contributed by atoms with van der Waals surface area (Å²) in [5.74, 6) is -1.90. The molecule has 0 aliphatic carbocycles. The largest absolute Gasteiger partial charge is 0.481 e. The molecule has 1 heterocycles. The van der Waals surface area contributed by atoms with E-state index in [1.807, 2.05) is 0 Å². The van der Waals surface area contributed by atoms with Gasteiger partial charge in [0.2, 0.25) is 0 Å². The SMILES string of the molecule is O=C(O)CC1CS(=O)(=O)CCN1Cc1cccc(Cl)c1F. The molecule has 0 bridgehead atoms. The van der Waals surface area contributed by atoms with Gasteiger partial charge in [-0.25, -0.2) is 12.8 Å². The van der Waals surface area contributed by atoms with Crippen LogP contribution < -0.4 is 0 Å². The molecule has 0 saturated carbocycles. The first-order valence-corrected chi connectivity index (χ1v) is 8.57. The maximum atomic E-state index is 13.9. The Morgan fingerprint density at radius 2 is 2.19 bits per heavy atom. The highest BCUT2D eigenvalue weighted by molar-refractivity contribution is 7.91. The van der Waals surface area contributed by atoms with Gasteiger partial charge in [0.05, 0.1) is 22.9 Å². The summed E-state index contributed by atoms with van der Waals surface area (Å²) < 4.78 is 37.2. The minimum atomic E-state index is -3.25. The van der Waals surface area contributed by atoms with Gasteiger partial charge in [0.1, 0.15) is 5.82 Å². The van der Waals surface area contributed by atoms with Gasteiger partial charge in [-0.15, -0.1) is 0 Å². The van der Waals surface area contributed by atoms with Crippen LogP contribution in [0, 0.1) is 5.82 Å². The van der Waals surface area contributed by atoms with Crippen molar-refractivity contribution < 1.29 is 22.7 Å². The number of hydrogen-bond acceptors (Lipinski definition) is 4. The smallest absolute Gasteiger partial charge is 0.304 e. The number of rotatable bonds is 4. The monoisotopic (exact) mass is 335 g/mol. The summed E-state index contributed by atoms with van der Waals surface area (Å²) in [6.07, 6.45) is -0.290. The third kappa shape index (κ3) is 4.15. The van der Waals surface area contributed by atoms with E-state index in [-0.39, 0.29) is 36.0 Å². The van der Waals surface area contributed by atoms with Crippen LogP contribution in [0.2, 0.25) is 5.02 Å². The van der Waals surface area contributed by atoms with Crippen molar-refractivity contribution in [2.24, 2.45) is 0 Å². The lowest BCUT2D eigenvalue weighted by atomic mass is 10.1. The normalized spacial score (nSPS) is 22.1. The molecular formula is C13H15ClFNO4S. The third-order valence-corrected chi connectivity index (χ3v) is 5.46. The summed E-state index contributed by atoms with van der Waals surface area (Å²) >= 11 is 5.71. The number of carboxylic acids is 1. The second kappa shape index (κ2) is 6.29. The zero-order valence-corrected chi connectivity index (χ0v) is 12.7. The van der Waals surface area contributed by atoms with Gasteiger partial charge in [0.15, 0.2) is 9.84 Å². The molecule has 0 spiro atoms. The zero-order chi connectivity index (χ0) is 15.6. The van der Waals surface area contributed by atoms with E-state index < -0.39 is 27.7 Å². The first-order valence-electron chi connectivity index (χ1n) is 6.37. The molecule has 1 aromatic rings. The average molecular weight is 336 g/mol. The lowest BCUT2D eigenvalue weighted by Gasteiger charge is -2.34. The Morgan fingerprint density at radius 3 is 2.86 bits per heavy atom. The number of hydrogen-bond donors (Lipinski definition) is 1. The van der Waals surface area contributed by atoms with Crippen LogP contribution >= 0.6 is 11.6 Å². The minimum absolute atomic E-state index is 0.00749. The third-order valence-electron chi connectivity index (χ3n) is 3.47. The summed E-state index contributed by atoms with van der Waals surface area (Å²) in [5, 5.41) is 8.89. The maximum Gasteiger partial charge on any atom is 0.304 e. The van der Waals surface area contributed by atoms with Gasteiger partial charge in [0, 0.05) is 24.7 Å². The van der Waals surface area contributed by atoms with Gasteiger partial charge in [-0.2, -0.15) is 0 Å². The molecule has 1 N–H and O–H groups in total. The number of carboxylic acid groups (broad SMARTS) is 1. The lowest BCUT2D eigenvalue weighted by molar-refractivity contribution is -0.138. The molecule has 1 atom stereocenters. The minimum Gasteiger partial charge on any atom is -0.481 e. The standard InChI is InChI=1S/C13H15ClFNO4S/c14-11-3-1-2-9(13(11)15)7-16-4-5-21(19,20)8-10(16)6-12(17)18/h1-3,10H,4-8H2,(H,17,18). The Morgan fingerprint density at radius 1 is 1.48 bits per heavy atom. The molecule has 1 saturated heterocycles. The van der Waals surface area contributed by atoms with Crippen molar-refractivity contribution >= 4 is 27.4 Å². The fourth-order valence-corrected chi connectivity index (χ4v) is 4.20. The average Bonchev–Trinajstić information content (AvgIpc) is 2.36. The summed E-state index contributed by atoms with van der Waals surface area (Å²) in [7, 11) is -3.25. The van der Waals surface area contributed by atoms with Crippen molar-refractivity contribution in [1.29, 1.82) is 0 Å². The second-order valence-corrected chi connectivity index (χ2v) is 7.69. The first kappa shape index (κ1) is 16.2. The van der Waals surface area contributed by atoms with Crippen molar-refractivity contribution in [1.82, 2.24) is 4.90 Å². The van der Waals surface area contributed by atoms with Gasteiger partial charge in [-0.3, -0.25) is 9.69 Å². The quantitative estimate of drug-likeness (QED) is 0.903. The zero-order valence-electron chi connectivity index (χ0n) is 11.1. The van der Waals surface area contributed by atoms with Crippen LogP contribution in [0.15, 0.2) is 18.2 Å². The molecule has 2 rings (SSSR count). The van der Waals surface area contributed by atoms with Crippen LogP contribution in [0.4, 0.5) is 4.39 Å². The number of sulfone groups is 1. The molecule has 0 radical (unpaired) electrons. The Kier molecular flexibility index (Phi) is 4.85. The molecule has 0 aromatic heterocycles. The van der Waals surface area contributed by atoms with Crippen LogP contribution in [-0.2, 0) is 21.2 Å². The molecule has 1 aliphatic heterocycles. The van der Waals surface area contributed by atoms with Gasteiger partial charge >= 0.3 is 5.97 Å². The van der Waals surface area contributed by atoms with Crippen molar-refractivity contribution in [3.63, 3.8) is 0 Å².